The minimum absolute atomic E-state index is 0.0334. The molecule has 1 aromatic rings. The van der Waals surface area contributed by atoms with E-state index in [4.69, 9.17) is 0 Å². The number of fused-ring (bicyclic) bond motifs is 1. The van der Waals surface area contributed by atoms with E-state index in [1.165, 1.54) is 31.3 Å². The Morgan fingerprint density at radius 1 is 1.08 bits per heavy atom. The van der Waals surface area contributed by atoms with E-state index >= 15 is 0 Å². The van der Waals surface area contributed by atoms with Gasteiger partial charge in [0, 0.05) is 12.3 Å². The van der Waals surface area contributed by atoms with Crippen LogP contribution in [-0.4, -0.2) is 33.1 Å². The van der Waals surface area contributed by atoms with Crippen molar-refractivity contribution in [2.75, 3.05) is 0 Å². The Kier molecular flexibility index (Phi) is 8.14. The molecular formula is C33H46O3. The van der Waals surface area contributed by atoms with Gasteiger partial charge >= 0.3 is 0 Å². The number of hydrogen-bond donors (Lipinski definition) is 3. The van der Waals surface area contributed by atoms with Crippen LogP contribution in [0.25, 0.3) is 0 Å². The largest absolute Gasteiger partial charge is 0.393 e. The van der Waals surface area contributed by atoms with Crippen molar-refractivity contribution in [3.8, 4) is 0 Å². The third kappa shape index (κ3) is 5.64. The topological polar surface area (TPSA) is 60.7 Å². The second-order valence-corrected chi connectivity index (χ2v) is 12.5. The van der Waals surface area contributed by atoms with Crippen molar-refractivity contribution in [2.24, 2.45) is 23.2 Å². The van der Waals surface area contributed by atoms with Crippen molar-refractivity contribution in [2.45, 2.75) is 96.4 Å². The van der Waals surface area contributed by atoms with Gasteiger partial charge in [-0.1, -0.05) is 80.6 Å². The summed E-state index contributed by atoms with van der Waals surface area (Å²) in [5.41, 5.74) is 3.88. The van der Waals surface area contributed by atoms with Gasteiger partial charge in [-0.05, 0) is 92.3 Å². The summed E-state index contributed by atoms with van der Waals surface area (Å²) >= 11 is 0. The van der Waals surface area contributed by atoms with Gasteiger partial charge in [0.2, 0.25) is 0 Å². The van der Waals surface area contributed by atoms with Gasteiger partial charge < -0.3 is 15.3 Å². The smallest absolute Gasteiger partial charge is 0.0811 e. The maximum atomic E-state index is 10.9. The lowest BCUT2D eigenvalue weighted by Crippen LogP contribution is -2.35. The molecule has 3 saturated carbocycles. The summed E-state index contributed by atoms with van der Waals surface area (Å²) in [5.74, 6) is 1.60. The predicted molar refractivity (Wildman–Crippen MR) is 149 cm³/mol. The quantitative estimate of drug-likeness (QED) is 0.381. The minimum Gasteiger partial charge on any atom is -0.393 e. The summed E-state index contributed by atoms with van der Waals surface area (Å²) in [6.45, 7) is 12.7. The molecule has 0 heterocycles. The van der Waals surface area contributed by atoms with Gasteiger partial charge in [-0.15, -0.1) is 0 Å². The molecule has 3 nitrogen and oxygen atoms in total. The standard InChI is InChI=1S/C33H46O3/c1-22(13-16-29(32(3,4)36)24-10-7-6-8-11-24)28-17-18-30-25(12-9-19-33(28,30)5)14-15-26-20-27(34)21-31(35)23(26)2/h6-8,10-11,13-16,22,27-31,34-36H,2,9,12,17-21H2,1,3-5H3/b16-13?,25-14+,26-15-/t22-,27-,28-,29-,30+,31+,33-/m1/s1. The van der Waals surface area contributed by atoms with Crippen molar-refractivity contribution in [3.63, 3.8) is 0 Å². The molecule has 36 heavy (non-hydrogen) atoms. The van der Waals surface area contributed by atoms with Crippen LogP contribution in [0, 0.1) is 23.2 Å². The zero-order valence-corrected chi connectivity index (χ0v) is 22.7. The van der Waals surface area contributed by atoms with E-state index in [9.17, 15) is 15.3 Å². The monoisotopic (exact) mass is 490 g/mol. The molecule has 0 saturated heterocycles. The molecule has 3 N–H and O–H groups in total. The van der Waals surface area contributed by atoms with E-state index in [1.807, 2.05) is 32.0 Å². The van der Waals surface area contributed by atoms with Gasteiger partial charge in [-0.2, -0.15) is 0 Å². The SMILES string of the molecule is C=C1/C(=C\C=C2/CCC[C@]3(C)[C@@H]([C@H](C)C=C[C@H](c4ccccc4)C(C)(C)O)CC[C@@H]23)C[C@@H](O)C[C@@H]1O. The molecule has 0 aliphatic heterocycles. The van der Waals surface area contributed by atoms with Crippen LogP contribution in [0.1, 0.15) is 84.1 Å². The van der Waals surface area contributed by atoms with Crippen LogP contribution in [0.15, 0.2) is 77.9 Å². The molecule has 196 valence electrons. The summed E-state index contributed by atoms with van der Waals surface area (Å²) in [5, 5.41) is 31.2. The first kappa shape index (κ1) is 27.1. The molecule has 0 unspecified atom stereocenters. The van der Waals surface area contributed by atoms with Crippen molar-refractivity contribution < 1.29 is 15.3 Å². The molecule has 7 atom stereocenters. The molecule has 1 aromatic carbocycles. The Hall–Kier alpha value is -1.94. The fourth-order valence-corrected chi connectivity index (χ4v) is 7.44. The van der Waals surface area contributed by atoms with Crippen molar-refractivity contribution >= 4 is 0 Å². The highest BCUT2D eigenvalue weighted by atomic mass is 16.3. The number of aliphatic hydroxyl groups excluding tert-OH is 2. The van der Waals surface area contributed by atoms with Crippen LogP contribution in [0.4, 0.5) is 0 Å². The van der Waals surface area contributed by atoms with Gasteiger partial charge in [0.05, 0.1) is 17.8 Å². The van der Waals surface area contributed by atoms with Crippen molar-refractivity contribution in [3.05, 3.63) is 83.5 Å². The fourth-order valence-electron chi connectivity index (χ4n) is 7.44. The lowest BCUT2D eigenvalue weighted by Gasteiger charge is -2.44. The summed E-state index contributed by atoms with van der Waals surface area (Å²) in [7, 11) is 0. The zero-order valence-electron chi connectivity index (χ0n) is 22.7. The van der Waals surface area contributed by atoms with E-state index in [2.05, 4.69) is 56.9 Å². The van der Waals surface area contributed by atoms with Crippen LogP contribution in [-0.2, 0) is 0 Å². The van der Waals surface area contributed by atoms with Crippen molar-refractivity contribution in [1.29, 1.82) is 0 Å². The first-order valence-corrected chi connectivity index (χ1v) is 13.9. The number of rotatable bonds is 6. The highest BCUT2D eigenvalue weighted by Crippen LogP contribution is 2.59. The first-order valence-electron chi connectivity index (χ1n) is 13.9. The van der Waals surface area contributed by atoms with E-state index in [1.54, 1.807) is 0 Å². The zero-order chi connectivity index (χ0) is 26.1. The van der Waals surface area contributed by atoms with Crippen molar-refractivity contribution in [1.82, 2.24) is 0 Å². The van der Waals surface area contributed by atoms with E-state index in [-0.39, 0.29) is 11.3 Å². The molecule has 3 fully saturated rings. The lowest BCUT2D eigenvalue weighted by molar-refractivity contribution is 0.0645. The molecule has 0 spiro atoms. The average molecular weight is 491 g/mol. The van der Waals surface area contributed by atoms with E-state index in [0.29, 0.717) is 30.6 Å². The Morgan fingerprint density at radius 3 is 2.50 bits per heavy atom. The molecule has 3 aliphatic carbocycles. The number of allylic oxidation sites excluding steroid dienone is 4. The Bertz CT molecular complexity index is 1010. The van der Waals surface area contributed by atoms with Gasteiger partial charge in [-0.3, -0.25) is 0 Å². The Labute approximate surface area is 218 Å². The van der Waals surface area contributed by atoms with Crippen LogP contribution < -0.4 is 0 Å². The van der Waals surface area contributed by atoms with Gasteiger partial charge in [-0.25, -0.2) is 0 Å². The van der Waals surface area contributed by atoms with Crippen LogP contribution in [0.2, 0.25) is 0 Å². The maximum Gasteiger partial charge on any atom is 0.0811 e. The van der Waals surface area contributed by atoms with Crippen LogP contribution in [0.5, 0.6) is 0 Å². The third-order valence-corrected chi connectivity index (χ3v) is 9.46. The molecule has 3 aliphatic rings. The average Bonchev–Trinajstić information content (AvgIpc) is 3.18. The first-order chi connectivity index (χ1) is 17.0. The number of benzene rings is 1. The molecule has 0 aromatic heterocycles. The van der Waals surface area contributed by atoms with Gasteiger partial charge in [0.25, 0.3) is 0 Å². The molecular weight excluding hydrogens is 444 g/mol. The van der Waals surface area contributed by atoms with E-state index < -0.39 is 17.8 Å². The third-order valence-electron chi connectivity index (χ3n) is 9.46. The molecule has 0 bridgehead atoms. The molecule has 0 radical (unpaired) electrons. The van der Waals surface area contributed by atoms with E-state index in [0.717, 1.165) is 23.1 Å². The lowest BCUT2D eigenvalue weighted by atomic mass is 9.61. The minimum atomic E-state index is -0.821. The second kappa shape index (κ2) is 10.8. The normalized spacial score (nSPS) is 35.4. The molecule has 3 heteroatoms. The summed E-state index contributed by atoms with van der Waals surface area (Å²) in [6, 6.07) is 10.3. The second-order valence-electron chi connectivity index (χ2n) is 12.5. The summed E-state index contributed by atoms with van der Waals surface area (Å²) in [4.78, 5) is 0. The highest BCUT2D eigenvalue weighted by molar-refractivity contribution is 5.39. The summed E-state index contributed by atoms with van der Waals surface area (Å²) in [6.07, 6.45) is 14.9. The molecule has 0 amide bonds. The maximum absolute atomic E-state index is 10.9. The van der Waals surface area contributed by atoms with Gasteiger partial charge in [0.1, 0.15) is 0 Å². The highest BCUT2D eigenvalue weighted by Gasteiger charge is 2.50. The fraction of sp³-hybridized carbons (Fsp3) is 0.576. The predicted octanol–water partition coefficient (Wildman–Crippen LogP) is 6.87. The number of aliphatic hydroxyl groups is 3. The Morgan fingerprint density at radius 2 is 1.81 bits per heavy atom. The summed E-state index contributed by atoms with van der Waals surface area (Å²) < 4.78 is 0. The van der Waals surface area contributed by atoms with Gasteiger partial charge in [0.15, 0.2) is 0 Å². The van der Waals surface area contributed by atoms with Crippen LogP contribution in [0.3, 0.4) is 0 Å². The number of hydrogen-bond acceptors (Lipinski definition) is 3. The van der Waals surface area contributed by atoms with Crippen LogP contribution >= 0.6 is 0 Å². The Balaban J connectivity index is 1.52. The molecule has 4 rings (SSSR count).